The highest BCUT2D eigenvalue weighted by molar-refractivity contribution is 7.91. The fraction of sp³-hybridized carbons (Fsp3) is 0.625. The molecule has 3 fully saturated rings. The first-order chi connectivity index (χ1) is 25.0. The highest BCUT2D eigenvalue weighted by Crippen LogP contribution is 2.40. The summed E-state index contributed by atoms with van der Waals surface area (Å²) in [4.78, 5) is 14.2. The molecule has 0 spiro atoms. The molecule has 9 nitrogen and oxygen atoms in total. The minimum Gasteiger partial charge on any atom is -0.482 e. The lowest BCUT2D eigenvalue weighted by molar-refractivity contribution is 0.0384. The van der Waals surface area contributed by atoms with Crippen molar-refractivity contribution in [3.05, 3.63) is 48.2 Å². The maximum absolute atomic E-state index is 15.7. The molecule has 0 N–H and O–H groups in total. The fourth-order valence-electron chi connectivity index (χ4n) is 8.87. The molecule has 0 aliphatic carbocycles. The third-order valence-electron chi connectivity index (χ3n) is 11.2. The summed E-state index contributed by atoms with van der Waals surface area (Å²) in [6.07, 6.45) is 7.54. The van der Waals surface area contributed by atoms with Crippen LogP contribution >= 0.6 is 0 Å². The summed E-state index contributed by atoms with van der Waals surface area (Å²) in [5, 5.41) is 0.546. The number of anilines is 1. The summed E-state index contributed by atoms with van der Waals surface area (Å²) in [6.45, 7) is 20.6. The van der Waals surface area contributed by atoms with Crippen molar-refractivity contribution in [3.63, 3.8) is 0 Å². The van der Waals surface area contributed by atoms with Gasteiger partial charge in [0.05, 0.1) is 16.1 Å². The number of halogens is 2. The average molecular weight is 774 g/mol. The minimum atomic E-state index is -4.47. The molecule has 1 unspecified atom stereocenters. The van der Waals surface area contributed by atoms with Crippen LogP contribution in [-0.2, 0) is 20.6 Å². The Balaban J connectivity index is 1.25. The van der Waals surface area contributed by atoms with Gasteiger partial charge in [-0.3, -0.25) is 19.0 Å². The second kappa shape index (κ2) is 15.8. The molecule has 3 saturated heterocycles. The molecule has 0 bridgehead atoms. The lowest BCUT2D eigenvalue weighted by Crippen LogP contribution is -2.56. The van der Waals surface area contributed by atoms with Crippen LogP contribution in [0.15, 0.2) is 51.2 Å². The van der Waals surface area contributed by atoms with Crippen molar-refractivity contribution in [2.75, 3.05) is 70.1 Å². The first kappa shape index (κ1) is 40.0. The van der Waals surface area contributed by atoms with E-state index in [0.29, 0.717) is 53.1 Å². The molecule has 3 aliphatic heterocycles. The zero-order chi connectivity index (χ0) is 38.3. The molecule has 3 aliphatic rings. The van der Waals surface area contributed by atoms with Gasteiger partial charge in [0.25, 0.3) is 0 Å². The van der Waals surface area contributed by atoms with Gasteiger partial charge in [-0.1, -0.05) is 27.7 Å². The van der Waals surface area contributed by atoms with Gasteiger partial charge in [-0.05, 0) is 101 Å². The summed E-state index contributed by atoms with van der Waals surface area (Å²) in [5.41, 5.74) is -0.0905. The van der Waals surface area contributed by atoms with Gasteiger partial charge in [0.15, 0.2) is 17.4 Å². The number of pyridine rings is 1. The van der Waals surface area contributed by atoms with Gasteiger partial charge in [-0.15, -0.1) is 0 Å². The quantitative estimate of drug-likeness (QED) is 0.222. The van der Waals surface area contributed by atoms with E-state index in [4.69, 9.17) is 4.74 Å². The zero-order valence-electron chi connectivity index (χ0n) is 32.5. The van der Waals surface area contributed by atoms with Gasteiger partial charge >= 0.3 is 0 Å². The highest BCUT2D eigenvalue weighted by Gasteiger charge is 2.35. The molecule has 4 heterocycles. The Morgan fingerprint density at radius 1 is 0.849 bits per heavy atom. The average Bonchev–Trinajstić information content (AvgIpc) is 3.11. The molecular formula is C40H57F2N5O4S2. The van der Waals surface area contributed by atoms with Crippen LogP contribution in [0.25, 0.3) is 10.9 Å². The summed E-state index contributed by atoms with van der Waals surface area (Å²) in [7, 11) is -5.79. The van der Waals surface area contributed by atoms with E-state index in [1.54, 1.807) is 38.3 Å². The topological polar surface area (TPSA) is 86.3 Å². The monoisotopic (exact) mass is 773 g/mol. The number of rotatable bonds is 10. The number of ether oxygens (including phenoxy) is 1. The van der Waals surface area contributed by atoms with Crippen LogP contribution in [0.2, 0.25) is 0 Å². The van der Waals surface area contributed by atoms with E-state index in [9.17, 15) is 12.6 Å². The molecule has 13 heteroatoms. The molecule has 0 radical (unpaired) electrons. The molecule has 3 aromatic rings. The Kier molecular flexibility index (Phi) is 11.9. The van der Waals surface area contributed by atoms with Crippen molar-refractivity contribution in [3.8, 4) is 5.75 Å². The van der Waals surface area contributed by atoms with E-state index in [2.05, 4.69) is 31.5 Å². The predicted molar refractivity (Wildman–Crippen MR) is 208 cm³/mol. The molecule has 2 aromatic carbocycles. The number of piperidine rings is 2. The summed E-state index contributed by atoms with van der Waals surface area (Å²) >= 11 is 0. The van der Waals surface area contributed by atoms with Crippen LogP contribution in [0.4, 0.5) is 14.5 Å². The standard InChI is InChI=1S/C40H57F2N5O4S2/c1-8-44-15-11-28(12-16-44)45-19-21-46(22-20-45)29-13-17-47(18-14-29)37-32-23-30(52(7)48)9-10-35(32)43-26-36(37)53(49,50)31-24-33(41)38(34(42)25-31)51-40(5,6)27-39(2,3)4/h9-10,23-26,28-29H,8,11-22,27H2,1-7H3. The summed E-state index contributed by atoms with van der Waals surface area (Å²) in [6, 6.07) is 7.92. The van der Waals surface area contributed by atoms with E-state index in [0.717, 1.165) is 57.7 Å². The Morgan fingerprint density at radius 3 is 1.91 bits per heavy atom. The fourth-order valence-corrected chi connectivity index (χ4v) is 10.9. The van der Waals surface area contributed by atoms with Gasteiger partial charge < -0.3 is 14.5 Å². The number of sulfone groups is 1. The molecule has 6 rings (SSSR count). The van der Waals surface area contributed by atoms with E-state index in [1.807, 2.05) is 20.8 Å². The third-order valence-corrected chi connectivity index (χ3v) is 13.8. The third kappa shape index (κ3) is 9.06. The molecule has 0 saturated carbocycles. The number of hydrogen-bond donors (Lipinski definition) is 0. The van der Waals surface area contributed by atoms with Crippen LogP contribution in [0, 0.1) is 17.0 Å². The number of piperazine rings is 1. The molecule has 1 aromatic heterocycles. The van der Waals surface area contributed by atoms with Crippen LogP contribution < -0.4 is 9.64 Å². The molecule has 53 heavy (non-hydrogen) atoms. The van der Waals surface area contributed by atoms with Crippen molar-refractivity contribution in [1.82, 2.24) is 19.7 Å². The van der Waals surface area contributed by atoms with Crippen LogP contribution in [-0.4, -0.2) is 115 Å². The van der Waals surface area contributed by atoms with Crippen molar-refractivity contribution >= 4 is 37.2 Å². The van der Waals surface area contributed by atoms with Crippen LogP contribution in [0.1, 0.15) is 73.6 Å². The minimum absolute atomic E-state index is 0.134. The Labute approximate surface area is 317 Å². The van der Waals surface area contributed by atoms with E-state index >= 15 is 8.78 Å². The normalized spacial score (nSPS) is 20.3. The van der Waals surface area contributed by atoms with Gasteiger partial charge in [-0.25, -0.2) is 17.2 Å². The number of hydrogen-bond acceptors (Lipinski definition) is 9. The molecule has 0 amide bonds. The molecule has 292 valence electrons. The van der Waals surface area contributed by atoms with Gasteiger partial charge in [0, 0.05) is 84.9 Å². The lowest BCUT2D eigenvalue weighted by atomic mass is 9.83. The smallest absolute Gasteiger partial charge is 0.210 e. The number of nitrogens with zero attached hydrogens (tertiary/aromatic N) is 5. The number of fused-ring (bicyclic) bond motifs is 1. The first-order valence-corrected chi connectivity index (χ1v) is 22.1. The predicted octanol–water partition coefficient (Wildman–Crippen LogP) is 6.75. The Bertz CT molecular complexity index is 1890. The second-order valence-corrected chi connectivity index (χ2v) is 20.2. The maximum Gasteiger partial charge on any atom is 0.210 e. The second-order valence-electron chi connectivity index (χ2n) is 16.9. The van der Waals surface area contributed by atoms with E-state index in [-0.39, 0.29) is 10.3 Å². The van der Waals surface area contributed by atoms with Crippen LogP contribution in [0.5, 0.6) is 5.75 Å². The van der Waals surface area contributed by atoms with Crippen LogP contribution in [0.3, 0.4) is 0 Å². The summed E-state index contributed by atoms with van der Waals surface area (Å²) in [5.74, 6) is -2.77. The van der Waals surface area contributed by atoms with Gasteiger partial charge in [-0.2, -0.15) is 0 Å². The number of aromatic nitrogens is 1. The van der Waals surface area contributed by atoms with Crippen molar-refractivity contribution in [2.24, 2.45) is 5.41 Å². The van der Waals surface area contributed by atoms with Crippen molar-refractivity contribution < 1.29 is 26.1 Å². The first-order valence-electron chi connectivity index (χ1n) is 19.1. The number of likely N-dealkylation sites (tertiary alicyclic amines) is 1. The van der Waals surface area contributed by atoms with E-state index < -0.39 is 48.5 Å². The Hall–Kier alpha value is -2.71. The van der Waals surface area contributed by atoms with Gasteiger partial charge in [0.2, 0.25) is 9.84 Å². The zero-order valence-corrected chi connectivity index (χ0v) is 34.1. The molecular weight excluding hydrogens is 717 g/mol. The number of benzene rings is 2. The molecule has 1 atom stereocenters. The lowest BCUT2D eigenvalue weighted by Gasteiger charge is -2.46. The van der Waals surface area contributed by atoms with Crippen molar-refractivity contribution in [2.45, 2.75) is 106 Å². The van der Waals surface area contributed by atoms with Gasteiger partial charge in [0.1, 0.15) is 10.5 Å². The SMILES string of the molecule is CCN1CCC(N2CCN(C3CCN(c4c(S(=O)(=O)c5cc(F)c(OC(C)(C)CC(C)(C)C)c(F)c5)cnc5ccc(S(C)=O)cc45)CC3)CC2)CC1. The largest absolute Gasteiger partial charge is 0.482 e. The Morgan fingerprint density at radius 2 is 1.40 bits per heavy atom. The highest BCUT2D eigenvalue weighted by atomic mass is 32.2. The van der Waals surface area contributed by atoms with Crippen molar-refractivity contribution in [1.29, 1.82) is 0 Å². The maximum atomic E-state index is 15.7. The van der Waals surface area contributed by atoms with E-state index in [1.165, 1.54) is 32.1 Å². The summed E-state index contributed by atoms with van der Waals surface area (Å²) < 4.78 is 78.6.